The van der Waals surface area contributed by atoms with Crippen molar-refractivity contribution in [2.75, 3.05) is 0 Å². The van der Waals surface area contributed by atoms with E-state index < -0.39 is 11.6 Å². The number of ketones is 1. The molecule has 4 nitrogen and oxygen atoms in total. The topological polar surface area (TPSA) is 47.8 Å². The first-order valence-corrected chi connectivity index (χ1v) is 6.32. The molecule has 106 valence electrons. The third-order valence-corrected chi connectivity index (χ3v) is 2.93. The van der Waals surface area contributed by atoms with Gasteiger partial charge in [-0.15, -0.1) is 0 Å². The number of nitrogens with zero attached hydrogens (tertiary/aromatic N) is 3. The van der Waals surface area contributed by atoms with E-state index in [2.05, 4.69) is 10.1 Å². The standard InChI is InChI=1S/C14H15F2N3O/c1-9(2)19-14(17-8-18-19)7-10(20)6-11-12(15)4-3-5-13(11)16/h3-5,8-9H,6-7H2,1-2H3. The number of hydrogen-bond donors (Lipinski definition) is 0. The molecule has 6 heteroatoms. The van der Waals surface area contributed by atoms with E-state index in [0.717, 1.165) is 12.1 Å². The molecule has 0 N–H and O–H groups in total. The summed E-state index contributed by atoms with van der Waals surface area (Å²) >= 11 is 0. The van der Waals surface area contributed by atoms with Gasteiger partial charge in [-0.2, -0.15) is 5.10 Å². The van der Waals surface area contributed by atoms with Crippen molar-refractivity contribution in [2.24, 2.45) is 0 Å². The number of benzene rings is 1. The van der Waals surface area contributed by atoms with Crippen LogP contribution >= 0.6 is 0 Å². The molecule has 0 atom stereocenters. The van der Waals surface area contributed by atoms with E-state index >= 15 is 0 Å². The highest BCUT2D eigenvalue weighted by atomic mass is 19.1. The van der Waals surface area contributed by atoms with Gasteiger partial charge < -0.3 is 0 Å². The van der Waals surface area contributed by atoms with Crippen LogP contribution in [0.2, 0.25) is 0 Å². The van der Waals surface area contributed by atoms with Gasteiger partial charge in [0.25, 0.3) is 0 Å². The molecule has 0 bridgehead atoms. The van der Waals surface area contributed by atoms with Gasteiger partial charge in [0.05, 0.1) is 6.42 Å². The summed E-state index contributed by atoms with van der Waals surface area (Å²) in [7, 11) is 0. The molecule has 0 saturated carbocycles. The van der Waals surface area contributed by atoms with Gasteiger partial charge in [0.15, 0.2) is 0 Å². The van der Waals surface area contributed by atoms with Crippen LogP contribution in [0.4, 0.5) is 8.78 Å². The van der Waals surface area contributed by atoms with Gasteiger partial charge in [-0.1, -0.05) is 6.07 Å². The van der Waals surface area contributed by atoms with Crippen molar-refractivity contribution in [1.29, 1.82) is 0 Å². The van der Waals surface area contributed by atoms with Crippen molar-refractivity contribution < 1.29 is 13.6 Å². The molecule has 0 radical (unpaired) electrons. The molecular formula is C14H15F2N3O. The minimum Gasteiger partial charge on any atom is -0.299 e. The number of rotatable bonds is 5. The van der Waals surface area contributed by atoms with Gasteiger partial charge >= 0.3 is 0 Å². The van der Waals surface area contributed by atoms with Crippen molar-refractivity contribution >= 4 is 5.78 Å². The Hall–Kier alpha value is -2.11. The van der Waals surface area contributed by atoms with Crippen molar-refractivity contribution in [3.05, 3.63) is 47.5 Å². The van der Waals surface area contributed by atoms with E-state index in [9.17, 15) is 13.6 Å². The highest BCUT2D eigenvalue weighted by Crippen LogP contribution is 2.14. The Morgan fingerprint density at radius 1 is 1.25 bits per heavy atom. The Kier molecular flexibility index (Phi) is 4.22. The Bertz CT molecular complexity index is 602. The predicted molar refractivity (Wildman–Crippen MR) is 69.2 cm³/mol. The Morgan fingerprint density at radius 3 is 2.50 bits per heavy atom. The number of halogens is 2. The zero-order valence-electron chi connectivity index (χ0n) is 11.3. The molecule has 0 aliphatic rings. The van der Waals surface area contributed by atoms with Crippen molar-refractivity contribution in [3.8, 4) is 0 Å². The summed E-state index contributed by atoms with van der Waals surface area (Å²) in [6.07, 6.45) is 1.09. The van der Waals surface area contributed by atoms with Crippen molar-refractivity contribution in [2.45, 2.75) is 32.7 Å². The predicted octanol–water partition coefficient (Wildman–Crippen LogP) is 2.49. The number of Topliss-reactive ketones (excluding diaryl/α,β-unsaturated/α-hetero) is 1. The van der Waals surface area contributed by atoms with Gasteiger partial charge in [-0.3, -0.25) is 4.79 Å². The van der Waals surface area contributed by atoms with Crippen LogP contribution in [-0.4, -0.2) is 20.5 Å². The molecule has 0 aliphatic carbocycles. The summed E-state index contributed by atoms with van der Waals surface area (Å²) in [5.41, 5.74) is -0.201. The lowest BCUT2D eigenvalue weighted by molar-refractivity contribution is -0.118. The van der Waals surface area contributed by atoms with Gasteiger partial charge in [-0.05, 0) is 26.0 Å². The molecular weight excluding hydrogens is 264 g/mol. The van der Waals surface area contributed by atoms with Gasteiger partial charge in [0, 0.05) is 18.0 Å². The average Bonchev–Trinajstić information content (AvgIpc) is 2.82. The zero-order chi connectivity index (χ0) is 14.7. The molecule has 2 rings (SSSR count). The molecule has 0 saturated heterocycles. The smallest absolute Gasteiger partial charge is 0.145 e. The maximum Gasteiger partial charge on any atom is 0.145 e. The second-order valence-electron chi connectivity index (χ2n) is 4.81. The van der Waals surface area contributed by atoms with Gasteiger partial charge in [0.1, 0.15) is 29.6 Å². The Labute approximate surface area is 115 Å². The van der Waals surface area contributed by atoms with Crippen LogP contribution in [0.1, 0.15) is 31.3 Å². The maximum absolute atomic E-state index is 13.5. The minimum absolute atomic E-state index is 0.00591. The second-order valence-corrected chi connectivity index (χ2v) is 4.81. The summed E-state index contributed by atoms with van der Waals surface area (Å²) < 4.78 is 28.6. The van der Waals surface area contributed by atoms with E-state index in [1.165, 1.54) is 12.4 Å². The fourth-order valence-corrected chi connectivity index (χ4v) is 1.97. The first kappa shape index (κ1) is 14.3. The Balaban J connectivity index is 2.12. The lowest BCUT2D eigenvalue weighted by Crippen LogP contribution is -2.15. The van der Waals surface area contributed by atoms with E-state index in [4.69, 9.17) is 0 Å². The number of carbonyl (C=O) groups excluding carboxylic acids is 1. The monoisotopic (exact) mass is 279 g/mol. The fraction of sp³-hybridized carbons (Fsp3) is 0.357. The quantitative estimate of drug-likeness (QED) is 0.844. The van der Waals surface area contributed by atoms with E-state index in [1.807, 2.05) is 13.8 Å². The number of hydrogen-bond acceptors (Lipinski definition) is 3. The maximum atomic E-state index is 13.5. The summed E-state index contributed by atoms with van der Waals surface area (Å²) in [6, 6.07) is 3.63. The first-order valence-electron chi connectivity index (χ1n) is 6.32. The van der Waals surface area contributed by atoms with Crippen molar-refractivity contribution in [1.82, 2.24) is 14.8 Å². The minimum atomic E-state index is -0.705. The fourth-order valence-electron chi connectivity index (χ4n) is 1.97. The van der Waals surface area contributed by atoms with Crippen LogP contribution in [0, 0.1) is 11.6 Å². The molecule has 0 aliphatic heterocycles. The van der Waals surface area contributed by atoms with Gasteiger partial charge in [0.2, 0.25) is 0 Å². The molecule has 0 unspecified atom stereocenters. The number of carbonyl (C=O) groups is 1. The van der Waals surface area contributed by atoms with Crippen LogP contribution in [-0.2, 0) is 17.6 Å². The molecule has 1 aromatic carbocycles. The third-order valence-electron chi connectivity index (χ3n) is 2.93. The molecule has 20 heavy (non-hydrogen) atoms. The van der Waals surface area contributed by atoms with Crippen molar-refractivity contribution in [3.63, 3.8) is 0 Å². The molecule has 0 amide bonds. The van der Waals surface area contributed by atoms with E-state index in [1.54, 1.807) is 4.68 Å². The van der Waals surface area contributed by atoms with E-state index in [0.29, 0.717) is 5.82 Å². The summed E-state index contributed by atoms with van der Waals surface area (Å²) in [6.45, 7) is 3.83. The third kappa shape index (κ3) is 3.07. The normalized spacial score (nSPS) is 11.1. The highest BCUT2D eigenvalue weighted by Gasteiger charge is 2.16. The van der Waals surface area contributed by atoms with Crippen LogP contribution in [0.25, 0.3) is 0 Å². The molecule has 1 aromatic heterocycles. The van der Waals surface area contributed by atoms with E-state index in [-0.39, 0.29) is 30.2 Å². The van der Waals surface area contributed by atoms with Crippen LogP contribution in [0.5, 0.6) is 0 Å². The lowest BCUT2D eigenvalue weighted by atomic mass is 10.1. The van der Waals surface area contributed by atoms with Gasteiger partial charge in [-0.25, -0.2) is 18.4 Å². The zero-order valence-corrected chi connectivity index (χ0v) is 11.3. The molecule has 1 heterocycles. The largest absolute Gasteiger partial charge is 0.299 e. The second kappa shape index (κ2) is 5.90. The highest BCUT2D eigenvalue weighted by molar-refractivity contribution is 5.82. The SMILES string of the molecule is CC(C)n1ncnc1CC(=O)Cc1c(F)cccc1F. The van der Waals surface area contributed by atoms with Crippen LogP contribution in [0.3, 0.4) is 0 Å². The molecule has 0 fully saturated rings. The summed E-state index contributed by atoms with van der Waals surface area (Å²) in [4.78, 5) is 16.0. The summed E-state index contributed by atoms with van der Waals surface area (Å²) in [5.74, 6) is -1.21. The molecule has 2 aromatic rings. The lowest BCUT2D eigenvalue weighted by Gasteiger charge is -2.09. The number of aromatic nitrogens is 3. The van der Waals surface area contributed by atoms with Crippen LogP contribution in [0.15, 0.2) is 24.5 Å². The average molecular weight is 279 g/mol. The summed E-state index contributed by atoms with van der Waals surface area (Å²) in [5, 5.41) is 4.02. The first-order chi connectivity index (χ1) is 9.49. The molecule has 0 spiro atoms. The Morgan fingerprint density at radius 2 is 1.90 bits per heavy atom. The van der Waals surface area contributed by atoms with Crippen LogP contribution < -0.4 is 0 Å².